The van der Waals surface area contributed by atoms with Crippen molar-refractivity contribution in [3.63, 3.8) is 0 Å². The third-order valence-corrected chi connectivity index (χ3v) is 4.26. The van der Waals surface area contributed by atoms with Gasteiger partial charge < -0.3 is 24.8 Å². The van der Waals surface area contributed by atoms with Crippen LogP contribution < -0.4 is 15.4 Å². The SMILES string of the molecule is CN=C(NCCCOC1CCOC1)NCc1cc(Br)ccc1OC. The number of methoxy groups -OCH3 is 1. The molecule has 1 aliphatic rings. The van der Waals surface area contributed by atoms with Gasteiger partial charge in [0.05, 0.1) is 19.8 Å². The van der Waals surface area contributed by atoms with E-state index < -0.39 is 0 Å². The van der Waals surface area contributed by atoms with E-state index in [-0.39, 0.29) is 6.10 Å². The van der Waals surface area contributed by atoms with Crippen molar-refractivity contribution in [1.29, 1.82) is 0 Å². The zero-order valence-corrected chi connectivity index (χ0v) is 15.9. The van der Waals surface area contributed by atoms with Gasteiger partial charge >= 0.3 is 0 Å². The molecule has 0 aliphatic carbocycles. The van der Waals surface area contributed by atoms with Crippen LogP contribution in [0.25, 0.3) is 0 Å². The van der Waals surface area contributed by atoms with Crippen LogP contribution in [0.5, 0.6) is 5.75 Å². The third kappa shape index (κ3) is 6.30. The highest BCUT2D eigenvalue weighted by Crippen LogP contribution is 2.22. The minimum atomic E-state index is 0.270. The number of guanidine groups is 1. The Morgan fingerprint density at radius 2 is 2.29 bits per heavy atom. The molecular formula is C17H26BrN3O3. The normalized spacial score (nSPS) is 17.8. The van der Waals surface area contributed by atoms with E-state index in [1.54, 1.807) is 14.2 Å². The molecule has 1 unspecified atom stereocenters. The largest absolute Gasteiger partial charge is 0.496 e. The van der Waals surface area contributed by atoms with E-state index in [1.807, 2.05) is 18.2 Å². The molecule has 1 heterocycles. The molecule has 134 valence electrons. The third-order valence-electron chi connectivity index (χ3n) is 3.77. The molecule has 1 saturated heterocycles. The Labute approximate surface area is 152 Å². The quantitative estimate of drug-likeness (QED) is 0.399. The predicted molar refractivity (Wildman–Crippen MR) is 98.7 cm³/mol. The number of nitrogens with one attached hydrogen (secondary N) is 2. The molecule has 1 aromatic carbocycles. The molecule has 0 amide bonds. The Balaban J connectivity index is 1.67. The van der Waals surface area contributed by atoms with Crippen LogP contribution in [0.1, 0.15) is 18.4 Å². The summed E-state index contributed by atoms with van der Waals surface area (Å²) < 4.78 is 17.4. The second-order valence-electron chi connectivity index (χ2n) is 5.52. The van der Waals surface area contributed by atoms with Gasteiger partial charge in [-0.2, -0.15) is 0 Å². The second-order valence-corrected chi connectivity index (χ2v) is 6.43. The van der Waals surface area contributed by atoms with Crippen LogP contribution in [0.4, 0.5) is 0 Å². The summed E-state index contributed by atoms with van der Waals surface area (Å²) in [5.41, 5.74) is 1.07. The molecule has 6 nitrogen and oxygen atoms in total. The standard InChI is InChI=1S/C17H26BrN3O3/c1-19-17(20-7-3-8-24-15-6-9-23-12-15)21-11-13-10-14(18)4-5-16(13)22-2/h4-5,10,15H,3,6-9,11-12H2,1-2H3,(H2,19,20,21). The van der Waals surface area contributed by atoms with Crippen molar-refractivity contribution < 1.29 is 14.2 Å². The zero-order chi connectivity index (χ0) is 17.2. The van der Waals surface area contributed by atoms with Crippen molar-refractivity contribution in [3.8, 4) is 5.75 Å². The smallest absolute Gasteiger partial charge is 0.191 e. The van der Waals surface area contributed by atoms with E-state index in [1.165, 1.54) is 0 Å². The van der Waals surface area contributed by atoms with Crippen LogP contribution in [0.15, 0.2) is 27.7 Å². The Kier molecular flexibility index (Phi) is 8.35. The molecule has 1 atom stereocenters. The molecule has 2 N–H and O–H groups in total. The van der Waals surface area contributed by atoms with Crippen LogP contribution in [0.2, 0.25) is 0 Å². The minimum Gasteiger partial charge on any atom is -0.496 e. The number of rotatable bonds is 8. The molecule has 24 heavy (non-hydrogen) atoms. The van der Waals surface area contributed by atoms with Gasteiger partial charge in [0.25, 0.3) is 0 Å². The molecule has 7 heteroatoms. The second kappa shape index (κ2) is 10.5. The van der Waals surface area contributed by atoms with Gasteiger partial charge in [-0.3, -0.25) is 4.99 Å². The van der Waals surface area contributed by atoms with Crippen molar-refractivity contribution in [1.82, 2.24) is 10.6 Å². The van der Waals surface area contributed by atoms with Crippen molar-refractivity contribution in [2.24, 2.45) is 4.99 Å². The van der Waals surface area contributed by atoms with Gasteiger partial charge in [-0.25, -0.2) is 0 Å². The number of hydrogen-bond donors (Lipinski definition) is 2. The molecule has 0 radical (unpaired) electrons. The highest BCUT2D eigenvalue weighted by atomic mass is 79.9. The van der Waals surface area contributed by atoms with Gasteiger partial charge in [0.2, 0.25) is 0 Å². The summed E-state index contributed by atoms with van der Waals surface area (Å²) in [4.78, 5) is 4.24. The van der Waals surface area contributed by atoms with Gasteiger partial charge in [0.15, 0.2) is 5.96 Å². The molecule has 0 aromatic heterocycles. The maximum Gasteiger partial charge on any atom is 0.191 e. The van der Waals surface area contributed by atoms with Crippen LogP contribution >= 0.6 is 15.9 Å². The first-order valence-corrected chi connectivity index (χ1v) is 8.98. The lowest BCUT2D eigenvalue weighted by molar-refractivity contribution is 0.0420. The number of hydrogen-bond acceptors (Lipinski definition) is 4. The fourth-order valence-electron chi connectivity index (χ4n) is 2.46. The summed E-state index contributed by atoms with van der Waals surface area (Å²) in [7, 11) is 3.44. The summed E-state index contributed by atoms with van der Waals surface area (Å²) in [6, 6.07) is 5.95. The minimum absolute atomic E-state index is 0.270. The van der Waals surface area contributed by atoms with Gasteiger partial charge in [0, 0.05) is 43.4 Å². The molecule has 0 bridgehead atoms. The summed E-state index contributed by atoms with van der Waals surface area (Å²) in [5.74, 6) is 1.62. The van der Waals surface area contributed by atoms with E-state index in [0.29, 0.717) is 6.54 Å². The fourth-order valence-corrected chi connectivity index (χ4v) is 2.87. The average Bonchev–Trinajstić information content (AvgIpc) is 3.11. The molecule has 1 aromatic rings. The van der Waals surface area contributed by atoms with E-state index in [9.17, 15) is 0 Å². The molecule has 0 saturated carbocycles. The predicted octanol–water partition coefficient (Wildman–Crippen LogP) is 2.32. The number of ether oxygens (including phenoxy) is 3. The van der Waals surface area contributed by atoms with Crippen LogP contribution in [-0.2, 0) is 16.0 Å². The van der Waals surface area contributed by atoms with E-state index in [4.69, 9.17) is 14.2 Å². The number of benzene rings is 1. The first kappa shape index (κ1) is 19.0. The van der Waals surface area contributed by atoms with Gasteiger partial charge in [-0.05, 0) is 31.0 Å². The van der Waals surface area contributed by atoms with Crippen molar-refractivity contribution >= 4 is 21.9 Å². The maximum atomic E-state index is 5.74. The average molecular weight is 400 g/mol. The molecular weight excluding hydrogens is 374 g/mol. The summed E-state index contributed by atoms with van der Waals surface area (Å²) in [5, 5.41) is 6.59. The molecule has 0 spiro atoms. The van der Waals surface area contributed by atoms with Crippen molar-refractivity contribution in [2.75, 3.05) is 40.5 Å². The van der Waals surface area contributed by atoms with Crippen LogP contribution in [-0.4, -0.2) is 52.6 Å². The van der Waals surface area contributed by atoms with Gasteiger partial charge in [-0.15, -0.1) is 0 Å². The maximum absolute atomic E-state index is 5.74. The monoisotopic (exact) mass is 399 g/mol. The lowest BCUT2D eigenvalue weighted by Gasteiger charge is -2.14. The topological polar surface area (TPSA) is 64.1 Å². The van der Waals surface area contributed by atoms with E-state index in [2.05, 4.69) is 31.6 Å². The molecule has 1 aliphatic heterocycles. The highest BCUT2D eigenvalue weighted by molar-refractivity contribution is 9.10. The van der Waals surface area contributed by atoms with E-state index >= 15 is 0 Å². The fraction of sp³-hybridized carbons (Fsp3) is 0.588. The Morgan fingerprint density at radius 1 is 1.42 bits per heavy atom. The van der Waals surface area contributed by atoms with Crippen LogP contribution in [0.3, 0.4) is 0 Å². The molecule has 1 fully saturated rings. The number of halogens is 1. The Morgan fingerprint density at radius 3 is 3.00 bits per heavy atom. The summed E-state index contributed by atoms with van der Waals surface area (Å²) in [6.07, 6.45) is 2.20. The Bertz CT molecular complexity index is 534. The lowest BCUT2D eigenvalue weighted by atomic mass is 10.2. The van der Waals surface area contributed by atoms with Gasteiger partial charge in [-0.1, -0.05) is 15.9 Å². The van der Waals surface area contributed by atoms with Crippen molar-refractivity contribution in [2.45, 2.75) is 25.5 Å². The van der Waals surface area contributed by atoms with Crippen LogP contribution in [0, 0.1) is 0 Å². The highest BCUT2D eigenvalue weighted by Gasteiger charge is 2.15. The van der Waals surface area contributed by atoms with Gasteiger partial charge in [0.1, 0.15) is 5.75 Å². The first-order chi connectivity index (χ1) is 11.7. The van der Waals surface area contributed by atoms with Crippen molar-refractivity contribution in [3.05, 3.63) is 28.2 Å². The first-order valence-electron chi connectivity index (χ1n) is 8.19. The van der Waals surface area contributed by atoms with E-state index in [0.717, 1.165) is 61.0 Å². The summed E-state index contributed by atoms with van der Waals surface area (Å²) in [6.45, 7) is 3.72. The number of nitrogens with zero attached hydrogens (tertiary/aromatic N) is 1. The number of aliphatic imine (C=N–C) groups is 1. The lowest BCUT2D eigenvalue weighted by Crippen LogP contribution is -2.37. The zero-order valence-electron chi connectivity index (χ0n) is 14.3. The molecule has 2 rings (SSSR count). The Hall–Kier alpha value is -1.31. The summed E-state index contributed by atoms with van der Waals surface area (Å²) >= 11 is 3.48.